The lowest BCUT2D eigenvalue weighted by atomic mass is 10.3. The van der Waals surface area contributed by atoms with E-state index < -0.39 is 0 Å². The average Bonchev–Trinajstić information content (AvgIpc) is 3.20. The van der Waals surface area contributed by atoms with E-state index in [0.717, 1.165) is 50.0 Å². The van der Waals surface area contributed by atoms with Gasteiger partial charge in [-0.2, -0.15) is 0 Å². The van der Waals surface area contributed by atoms with Gasteiger partial charge in [0.1, 0.15) is 5.82 Å². The lowest BCUT2D eigenvalue weighted by Crippen LogP contribution is -2.29. The predicted octanol–water partition coefficient (Wildman–Crippen LogP) is 1.10. The van der Waals surface area contributed by atoms with Crippen LogP contribution in [0.25, 0.3) is 0 Å². The molecule has 2 aromatic heterocycles. The van der Waals surface area contributed by atoms with Gasteiger partial charge >= 0.3 is 0 Å². The number of hydrogen-bond acceptors (Lipinski definition) is 4. The van der Waals surface area contributed by atoms with Gasteiger partial charge in [-0.1, -0.05) is 0 Å². The molecular weight excluding hydrogens is 278 g/mol. The van der Waals surface area contributed by atoms with Crippen LogP contribution in [0.15, 0.2) is 29.6 Å². The zero-order valence-electron chi connectivity index (χ0n) is 12.7. The van der Waals surface area contributed by atoms with Gasteiger partial charge in [0.25, 0.3) is 5.56 Å². The molecule has 0 spiro atoms. The third kappa shape index (κ3) is 2.97. The lowest BCUT2D eigenvalue weighted by molar-refractivity contribution is 0.256. The largest absolute Gasteiger partial charge is 0.331 e. The molecule has 0 unspecified atom stereocenters. The summed E-state index contributed by atoms with van der Waals surface area (Å²) in [6.07, 6.45) is 9.14. The van der Waals surface area contributed by atoms with Crippen molar-refractivity contribution in [3.63, 3.8) is 0 Å². The summed E-state index contributed by atoms with van der Waals surface area (Å²) in [6, 6.07) is 1.67. The van der Waals surface area contributed by atoms with Crippen LogP contribution in [0.1, 0.15) is 30.8 Å². The van der Waals surface area contributed by atoms with E-state index in [9.17, 15) is 4.79 Å². The molecular formula is C16H21N5O. The summed E-state index contributed by atoms with van der Waals surface area (Å²) in [5.41, 5.74) is 0.899. The Morgan fingerprint density at radius 3 is 2.95 bits per heavy atom. The van der Waals surface area contributed by atoms with Gasteiger partial charge in [0, 0.05) is 38.1 Å². The molecule has 0 N–H and O–H groups in total. The molecule has 0 aromatic carbocycles. The van der Waals surface area contributed by atoms with Crippen molar-refractivity contribution < 1.29 is 0 Å². The summed E-state index contributed by atoms with van der Waals surface area (Å²) < 4.78 is 3.79. The van der Waals surface area contributed by atoms with Crippen molar-refractivity contribution in [1.82, 2.24) is 24.0 Å². The molecule has 4 rings (SSSR count). The van der Waals surface area contributed by atoms with Gasteiger partial charge in [0.05, 0.1) is 25.1 Å². The van der Waals surface area contributed by atoms with Crippen molar-refractivity contribution in [3.8, 4) is 0 Å². The van der Waals surface area contributed by atoms with E-state index >= 15 is 0 Å². The molecule has 6 nitrogen and oxygen atoms in total. The topological polar surface area (TPSA) is 56.0 Å². The van der Waals surface area contributed by atoms with Crippen LogP contribution in [0.3, 0.4) is 0 Å². The Hall–Kier alpha value is -1.95. The van der Waals surface area contributed by atoms with Gasteiger partial charge in [-0.15, -0.1) is 0 Å². The number of rotatable bonds is 4. The Kier molecular flexibility index (Phi) is 3.54. The van der Waals surface area contributed by atoms with E-state index in [0.29, 0.717) is 6.54 Å². The number of hydrogen-bond donors (Lipinski definition) is 0. The first-order valence-corrected chi connectivity index (χ1v) is 8.06. The fourth-order valence-corrected chi connectivity index (χ4v) is 3.17. The van der Waals surface area contributed by atoms with Crippen LogP contribution >= 0.6 is 0 Å². The van der Waals surface area contributed by atoms with Crippen molar-refractivity contribution in [2.24, 2.45) is 5.92 Å². The van der Waals surface area contributed by atoms with Gasteiger partial charge in [-0.25, -0.2) is 9.97 Å². The molecule has 116 valence electrons. The minimum atomic E-state index is 0.0772. The minimum Gasteiger partial charge on any atom is -0.331 e. The normalized spacial score (nSPS) is 18.9. The molecule has 0 radical (unpaired) electrons. The molecule has 2 aliphatic rings. The highest BCUT2D eigenvalue weighted by molar-refractivity contribution is 5.07. The van der Waals surface area contributed by atoms with Crippen LogP contribution in [0.4, 0.5) is 0 Å². The van der Waals surface area contributed by atoms with Crippen LogP contribution < -0.4 is 5.56 Å². The minimum absolute atomic E-state index is 0.0772. The maximum Gasteiger partial charge on any atom is 0.253 e. The first-order chi connectivity index (χ1) is 10.8. The molecule has 0 bridgehead atoms. The third-order valence-electron chi connectivity index (χ3n) is 4.48. The van der Waals surface area contributed by atoms with E-state index in [1.807, 2.05) is 15.3 Å². The molecule has 22 heavy (non-hydrogen) atoms. The van der Waals surface area contributed by atoms with E-state index in [-0.39, 0.29) is 5.56 Å². The second-order valence-electron chi connectivity index (χ2n) is 6.42. The lowest BCUT2D eigenvalue weighted by Gasteiger charge is -2.19. The molecule has 1 fully saturated rings. The highest BCUT2D eigenvalue weighted by Crippen LogP contribution is 2.30. The summed E-state index contributed by atoms with van der Waals surface area (Å²) in [5.74, 6) is 1.79. The van der Waals surface area contributed by atoms with Crippen molar-refractivity contribution in [1.29, 1.82) is 0 Å². The van der Waals surface area contributed by atoms with Crippen molar-refractivity contribution in [2.75, 3.05) is 13.1 Å². The van der Waals surface area contributed by atoms with E-state index in [1.165, 1.54) is 12.8 Å². The first-order valence-electron chi connectivity index (χ1n) is 8.06. The third-order valence-corrected chi connectivity index (χ3v) is 4.48. The van der Waals surface area contributed by atoms with Gasteiger partial charge in [-0.05, 0) is 25.2 Å². The Bertz CT molecular complexity index is 702. The second kappa shape index (κ2) is 5.68. The summed E-state index contributed by atoms with van der Waals surface area (Å²) in [7, 11) is 0. The second-order valence-corrected chi connectivity index (χ2v) is 6.42. The maximum atomic E-state index is 12.4. The van der Waals surface area contributed by atoms with Crippen molar-refractivity contribution in [3.05, 3.63) is 46.7 Å². The standard InChI is InChI=1S/C16H21N5O/c22-16-8-14(10-20-7-4-17-12-20)18-15-11-19(9-13-2-3-13)5-1-6-21(15)16/h4,7-8,12-13H,1-3,5-6,9-11H2. The molecule has 0 atom stereocenters. The SMILES string of the molecule is O=c1cc(Cn2ccnc2)nc2n1CCCN(CC1CC1)C2. The zero-order valence-corrected chi connectivity index (χ0v) is 12.7. The van der Waals surface area contributed by atoms with Crippen LogP contribution in [0.2, 0.25) is 0 Å². The monoisotopic (exact) mass is 299 g/mol. The highest BCUT2D eigenvalue weighted by Gasteiger charge is 2.26. The highest BCUT2D eigenvalue weighted by atomic mass is 16.1. The van der Waals surface area contributed by atoms with E-state index in [4.69, 9.17) is 4.98 Å². The molecule has 1 saturated carbocycles. The summed E-state index contributed by atoms with van der Waals surface area (Å²) >= 11 is 0. The smallest absolute Gasteiger partial charge is 0.253 e. The molecule has 0 amide bonds. The summed E-state index contributed by atoms with van der Waals surface area (Å²) in [4.78, 5) is 23.6. The quantitative estimate of drug-likeness (QED) is 0.848. The van der Waals surface area contributed by atoms with Crippen LogP contribution in [0.5, 0.6) is 0 Å². The average molecular weight is 299 g/mol. The Morgan fingerprint density at radius 1 is 1.27 bits per heavy atom. The summed E-state index contributed by atoms with van der Waals surface area (Å²) in [6.45, 7) is 4.40. The predicted molar refractivity (Wildman–Crippen MR) is 82.4 cm³/mol. The van der Waals surface area contributed by atoms with Crippen LogP contribution in [0, 0.1) is 5.92 Å². The number of nitrogens with zero attached hydrogens (tertiary/aromatic N) is 5. The molecule has 3 heterocycles. The van der Waals surface area contributed by atoms with Crippen molar-refractivity contribution in [2.45, 2.75) is 38.9 Å². The number of fused-ring (bicyclic) bond motifs is 1. The molecule has 2 aromatic rings. The van der Waals surface area contributed by atoms with Crippen LogP contribution in [-0.4, -0.2) is 37.1 Å². The van der Waals surface area contributed by atoms with Gasteiger partial charge in [0.2, 0.25) is 0 Å². The molecule has 1 aliphatic carbocycles. The maximum absolute atomic E-state index is 12.4. The fraction of sp³-hybridized carbons (Fsp3) is 0.562. The van der Waals surface area contributed by atoms with Crippen LogP contribution in [-0.2, 0) is 19.6 Å². The summed E-state index contributed by atoms with van der Waals surface area (Å²) in [5, 5.41) is 0. The van der Waals surface area contributed by atoms with Gasteiger partial charge in [-0.3, -0.25) is 14.3 Å². The Morgan fingerprint density at radius 2 is 2.18 bits per heavy atom. The molecule has 0 saturated heterocycles. The Balaban J connectivity index is 1.60. The van der Waals surface area contributed by atoms with Gasteiger partial charge in [0.15, 0.2) is 0 Å². The number of imidazole rings is 1. The zero-order chi connectivity index (χ0) is 14.9. The van der Waals surface area contributed by atoms with E-state index in [1.54, 1.807) is 18.6 Å². The number of aromatic nitrogens is 4. The van der Waals surface area contributed by atoms with Crippen molar-refractivity contribution >= 4 is 0 Å². The van der Waals surface area contributed by atoms with E-state index in [2.05, 4.69) is 9.88 Å². The first kappa shape index (κ1) is 13.7. The Labute approximate surface area is 129 Å². The van der Waals surface area contributed by atoms with Gasteiger partial charge < -0.3 is 4.57 Å². The molecule has 6 heteroatoms. The molecule has 1 aliphatic heterocycles. The fourth-order valence-electron chi connectivity index (χ4n) is 3.17.